The Morgan fingerprint density at radius 1 is 0.977 bits per heavy atom. The van der Waals surface area contributed by atoms with E-state index in [4.69, 9.17) is 16.3 Å². The van der Waals surface area contributed by atoms with Crippen molar-refractivity contribution in [3.8, 4) is 5.75 Å². The van der Waals surface area contributed by atoms with Crippen LogP contribution in [0.3, 0.4) is 0 Å². The van der Waals surface area contributed by atoms with Crippen molar-refractivity contribution in [1.29, 1.82) is 0 Å². The molecule has 232 valence electrons. The molecule has 0 saturated heterocycles. The Morgan fingerprint density at radius 3 is 2.57 bits per heavy atom. The first kappa shape index (κ1) is 32.6. The monoisotopic (exact) mass is 642 g/mol. The Labute approximate surface area is 259 Å². The smallest absolute Gasteiger partial charge is 0.233 e. The Balaban J connectivity index is 1.29. The maximum atomic E-state index is 13.4. The number of sulfone groups is 1. The normalized spacial score (nSPS) is 11.2. The van der Waals surface area contributed by atoms with Gasteiger partial charge in [0.25, 0.3) is 0 Å². The number of benzene rings is 3. The lowest BCUT2D eigenvalue weighted by molar-refractivity contribution is -0.120. The molecule has 0 radical (unpaired) electrons. The number of hydrogen-bond donors (Lipinski definition) is 4. The first-order chi connectivity index (χ1) is 21.1. The second-order valence-corrected chi connectivity index (χ2v) is 12.6. The minimum atomic E-state index is -3.09. The first-order valence-electron chi connectivity index (χ1n) is 13.7. The molecule has 0 fully saturated rings. The Hall–Kier alpha value is -4.33. The molecule has 0 unspecified atom stereocenters. The molecular weight excluding hydrogens is 611 g/mol. The summed E-state index contributed by atoms with van der Waals surface area (Å²) in [5.74, 6) is 0.0605. The van der Waals surface area contributed by atoms with E-state index in [-0.39, 0.29) is 49.5 Å². The van der Waals surface area contributed by atoms with E-state index in [0.717, 1.165) is 6.26 Å². The Kier molecular flexibility index (Phi) is 11.4. The molecule has 0 aliphatic rings. The van der Waals surface area contributed by atoms with Gasteiger partial charge in [0.15, 0.2) is 0 Å². The molecule has 11 nitrogen and oxygen atoms in total. The molecule has 0 atom stereocenters. The van der Waals surface area contributed by atoms with Gasteiger partial charge in [0.2, 0.25) is 11.8 Å². The summed E-state index contributed by atoms with van der Waals surface area (Å²) in [7, 11) is -3.09. The van der Waals surface area contributed by atoms with E-state index < -0.39 is 9.84 Å². The molecule has 0 aliphatic carbocycles. The lowest BCUT2D eigenvalue weighted by Gasteiger charge is -2.13. The molecule has 44 heavy (non-hydrogen) atoms. The summed E-state index contributed by atoms with van der Waals surface area (Å²) in [5, 5.41) is 12.6. The topological polar surface area (TPSA) is 151 Å². The number of nitrogens with one attached hydrogen (secondary N) is 4. The van der Waals surface area contributed by atoms with Crippen LogP contribution in [0.5, 0.6) is 5.75 Å². The van der Waals surface area contributed by atoms with Crippen molar-refractivity contribution in [3.63, 3.8) is 0 Å². The molecular formula is C30H32ClFN6O5S. The summed E-state index contributed by atoms with van der Waals surface area (Å²) >= 11 is 6.44. The van der Waals surface area contributed by atoms with E-state index in [1.165, 1.54) is 18.5 Å². The largest absolute Gasteiger partial charge is 0.487 e. The van der Waals surface area contributed by atoms with Crippen molar-refractivity contribution in [2.45, 2.75) is 19.4 Å². The van der Waals surface area contributed by atoms with Crippen molar-refractivity contribution in [3.05, 3.63) is 83.4 Å². The minimum absolute atomic E-state index is 0.00204. The van der Waals surface area contributed by atoms with E-state index in [2.05, 4.69) is 31.2 Å². The summed E-state index contributed by atoms with van der Waals surface area (Å²) in [4.78, 5) is 33.0. The predicted octanol–water partition coefficient (Wildman–Crippen LogP) is 4.21. The zero-order valence-corrected chi connectivity index (χ0v) is 25.5. The Bertz CT molecular complexity index is 1740. The van der Waals surface area contributed by atoms with Gasteiger partial charge in [-0.1, -0.05) is 23.7 Å². The number of nitrogens with zero attached hydrogens (tertiary/aromatic N) is 2. The fourth-order valence-electron chi connectivity index (χ4n) is 4.08. The van der Waals surface area contributed by atoms with Gasteiger partial charge in [0.05, 0.1) is 22.8 Å². The molecule has 0 aliphatic heterocycles. The fraction of sp³-hybridized carbons (Fsp3) is 0.267. The lowest BCUT2D eigenvalue weighted by atomic mass is 10.2. The van der Waals surface area contributed by atoms with Crippen LogP contribution in [0.4, 0.5) is 21.6 Å². The van der Waals surface area contributed by atoms with E-state index in [1.807, 2.05) is 0 Å². The van der Waals surface area contributed by atoms with Crippen molar-refractivity contribution >= 4 is 61.3 Å². The second kappa shape index (κ2) is 15.4. The standard InChI is InChI=1S/C30H32ClFN6O5S/c1-44(41,42)13-12-33-17-29(40)34-11-3-6-28(39)37-22-7-9-26-24(15-22)30(36-19-35-26)38-23-8-10-27(25(31)16-23)43-18-20-4-2-5-21(32)14-20/h2,4-5,7-10,14-16,19,33H,3,6,11-13,17-18H2,1H3,(H,34,40)(H,37,39)(H,35,36,38). The summed E-state index contributed by atoms with van der Waals surface area (Å²) in [6.45, 7) is 0.655. The van der Waals surface area contributed by atoms with E-state index in [1.54, 1.807) is 48.5 Å². The van der Waals surface area contributed by atoms with Gasteiger partial charge in [0, 0.05) is 42.5 Å². The molecule has 4 N–H and O–H groups in total. The van der Waals surface area contributed by atoms with Crippen LogP contribution in [-0.2, 0) is 26.0 Å². The van der Waals surface area contributed by atoms with Crippen molar-refractivity contribution < 1.29 is 27.1 Å². The van der Waals surface area contributed by atoms with E-state index >= 15 is 0 Å². The number of rotatable bonds is 15. The quantitative estimate of drug-likeness (QED) is 0.140. The van der Waals surface area contributed by atoms with Crippen LogP contribution in [0.1, 0.15) is 18.4 Å². The van der Waals surface area contributed by atoms with Crippen LogP contribution in [0.2, 0.25) is 5.02 Å². The predicted molar refractivity (Wildman–Crippen MR) is 168 cm³/mol. The van der Waals surface area contributed by atoms with Crippen LogP contribution in [0, 0.1) is 5.82 Å². The number of ether oxygens (including phenoxy) is 1. The van der Waals surface area contributed by atoms with Gasteiger partial charge in [-0.15, -0.1) is 0 Å². The van der Waals surface area contributed by atoms with Gasteiger partial charge in [-0.2, -0.15) is 0 Å². The minimum Gasteiger partial charge on any atom is -0.487 e. The lowest BCUT2D eigenvalue weighted by Crippen LogP contribution is -2.36. The van der Waals surface area contributed by atoms with Gasteiger partial charge in [-0.3, -0.25) is 9.59 Å². The number of fused-ring (bicyclic) bond motifs is 1. The zero-order valence-electron chi connectivity index (χ0n) is 23.9. The highest BCUT2D eigenvalue weighted by Crippen LogP contribution is 2.31. The number of amides is 2. The third-order valence-corrected chi connectivity index (χ3v) is 7.48. The van der Waals surface area contributed by atoms with Crippen LogP contribution >= 0.6 is 11.6 Å². The fourth-order valence-corrected chi connectivity index (χ4v) is 4.83. The second-order valence-electron chi connectivity index (χ2n) is 9.95. The molecule has 4 rings (SSSR count). The number of anilines is 3. The number of halogens is 2. The average Bonchev–Trinajstić information content (AvgIpc) is 2.97. The van der Waals surface area contributed by atoms with Gasteiger partial charge in [-0.05, 0) is 60.5 Å². The van der Waals surface area contributed by atoms with E-state index in [9.17, 15) is 22.4 Å². The molecule has 0 bridgehead atoms. The van der Waals surface area contributed by atoms with Gasteiger partial charge in [0.1, 0.15) is 40.2 Å². The number of carbonyl (C=O) groups excluding carboxylic acids is 2. The highest BCUT2D eigenvalue weighted by Gasteiger charge is 2.11. The number of hydrogen-bond acceptors (Lipinski definition) is 9. The van der Waals surface area contributed by atoms with Crippen LogP contribution < -0.4 is 26.0 Å². The van der Waals surface area contributed by atoms with Crippen molar-refractivity contribution in [2.75, 3.05) is 42.3 Å². The average molecular weight is 643 g/mol. The van der Waals surface area contributed by atoms with Gasteiger partial charge >= 0.3 is 0 Å². The van der Waals surface area contributed by atoms with E-state index in [0.29, 0.717) is 57.4 Å². The first-order valence-corrected chi connectivity index (χ1v) is 16.1. The number of carbonyl (C=O) groups is 2. The molecule has 2 amide bonds. The van der Waals surface area contributed by atoms with Crippen LogP contribution in [-0.4, -0.2) is 61.8 Å². The molecule has 0 spiro atoms. The molecule has 3 aromatic carbocycles. The summed E-state index contributed by atoms with van der Waals surface area (Å²) in [6.07, 6.45) is 3.17. The zero-order chi connectivity index (χ0) is 31.5. The summed E-state index contributed by atoms with van der Waals surface area (Å²) < 4.78 is 41.4. The van der Waals surface area contributed by atoms with Gasteiger partial charge in [-0.25, -0.2) is 22.8 Å². The maximum absolute atomic E-state index is 13.4. The Morgan fingerprint density at radius 2 is 1.80 bits per heavy atom. The maximum Gasteiger partial charge on any atom is 0.233 e. The van der Waals surface area contributed by atoms with Crippen LogP contribution in [0.25, 0.3) is 10.9 Å². The third-order valence-electron chi connectivity index (χ3n) is 6.24. The molecule has 14 heteroatoms. The van der Waals surface area contributed by atoms with Crippen molar-refractivity contribution in [1.82, 2.24) is 20.6 Å². The molecule has 1 heterocycles. The highest BCUT2D eigenvalue weighted by molar-refractivity contribution is 7.90. The van der Waals surface area contributed by atoms with Gasteiger partial charge < -0.3 is 26.0 Å². The number of aromatic nitrogens is 2. The summed E-state index contributed by atoms with van der Waals surface area (Å²) in [5.41, 5.74) is 2.54. The molecule has 4 aromatic rings. The highest BCUT2D eigenvalue weighted by atomic mass is 35.5. The van der Waals surface area contributed by atoms with Crippen LogP contribution in [0.15, 0.2) is 67.0 Å². The SMILES string of the molecule is CS(=O)(=O)CCNCC(=O)NCCCC(=O)Nc1ccc2ncnc(Nc3ccc(OCc4cccc(F)c4)c(Cl)c3)c2c1. The summed E-state index contributed by atoms with van der Waals surface area (Å²) in [6, 6.07) is 16.6. The molecule has 1 aromatic heterocycles. The van der Waals surface area contributed by atoms with Crippen molar-refractivity contribution in [2.24, 2.45) is 0 Å². The molecule has 0 saturated carbocycles. The third kappa shape index (κ3) is 10.4.